The molecule has 0 amide bonds. The summed E-state index contributed by atoms with van der Waals surface area (Å²) in [5.41, 5.74) is 2.00. The van der Waals surface area contributed by atoms with Gasteiger partial charge in [0.25, 0.3) is 5.56 Å². The zero-order valence-corrected chi connectivity index (χ0v) is 14.6. The minimum absolute atomic E-state index is 0.191. The summed E-state index contributed by atoms with van der Waals surface area (Å²) in [7, 11) is 1.47. The number of halogens is 1. The molecule has 0 radical (unpaired) electrons. The predicted molar refractivity (Wildman–Crippen MR) is 101 cm³/mol. The van der Waals surface area contributed by atoms with E-state index in [9.17, 15) is 9.18 Å². The molecule has 4 rings (SSSR count). The number of ether oxygens (including phenoxy) is 1. The summed E-state index contributed by atoms with van der Waals surface area (Å²) < 4.78 is 21.5. The summed E-state index contributed by atoms with van der Waals surface area (Å²) >= 11 is 0. The SMILES string of the molecule is COc1cccc(F)c1-c1ccc2c(n1)c(=O)ncn2Cc1ccccc1. The molecule has 2 heterocycles. The van der Waals surface area contributed by atoms with Gasteiger partial charge in [-0.15, -0.1) is 0 Å². The molecule has 4 aromatic rings. The lowest BCUT2D eigenvalue weighted by atomic mass is 10.1. The summed E-state index contributed by atoms with van der Waals surface area (Å²) in [4.78, 5) is 20.6. The van der Waals surface area contributed by atoms with Gasteiger partial charge < -0.3 is 9.30 Å². The highest BCUT2D eigenvalue weighted by Gasteiger charge is 2.15. The van der Waals surface area contributed by atoms with Crippen LogP contribution in [0.4, 0.5) is 4.39 Å². The van der Waals surface area contributed by atoms with E-state index in [1.807, 2.05) is 34.9 Å². The molecular formula is C21H16FN3O2. The highest BCUT2D eigenvalue weighted by Crippen LogP contribution is 2.31. The minimum Gasteiger partial charge on any atom is -0.496 e. The standard InChI is InChI=1S/C21H16FN3O2/c1-27-18-9-5-8-15(22)19(18)16-10-11-17-20(24-16)21(26)23-13-25(17)12-14-6-3-2-4-7-14/h2-11,13H,12H2,1H3. The number of hydrogen-bond acceptors (Lipinski definition) is 4. The fourth-order valence-corrected chi connectivity index (χ4v) is 3.05. The first-order valence-corrected chi connectivity index (χ1v) is 8.40. The molecule has 0 aliphatic carbocycles. The fourth-order valence-electron chi connectivity index (χ4n) is 3.05. The molecule has 0 aliphatic rings. The molecule has 0 saturated heterocycles. The second-order valence-electron chi connectivity index (χ2n) is 6.04. The summed E-state index contributed by atoms with van der Waals surface area (Å²) in [5, 5.41) is 0. The van der Waals surface area contributed by atoms with Crippen molar-refractivity contribution in [3.8, 4) is 17.0 Å². The van der Waals surface area contributed by atoms with E-state index in [1.54, 1.807) is 24.3 Å². The molecule has 27 heavy (non-hydrogen) atoms. The van der Waals surface area contributed by atoms with Crippen molar-refractivity contribution in [2.75, 3.05) is 7.11 Å². The quantitative estimate of drug-likeness (QED) is 0.557. The van der Waals surface area contributed by atoms with Gasteiger partial charge in [0.05, 0.1) is 30.2 Å². The number of methoxy groups -OCH3 is 1. The Balaban J connectivity index is 1.87. The van der Waals surface area contributed by atoms with Gasteiger partial charge in [0.1, 0.15) is 11.6 Å². The Morgan fingerprint density at radius 3 is 2.63 bits per heavy atom. The van der Waals surface area contributed by atoms with Crippen LogP contribution < -0.4 is 10.3 Å². The molecule has 0 unspecified atom stereocenters. The number of aromatic nitrogens is 3. The maximum absolute atomic E-state index is 14.4. The van der Waals surface area contributed by atoms with Gasteiger partial charge in [-0.1, -0.05) is 36.4 Å². The molecule has 0 fully saturated rings. The van der Waals surface area contributed by atoms with Gasteiger partial charge >= 0.3 is 0 Å². The average Bonchev–Trinajstić information content (AvgIpc) is 2.70. The predicted octanol–water partition coefficient (Wildman–Crippen LogP) is 3.65. The largest absolute Gasteiger partial charge is 0.496 e. The second-order valence-corrected chi connectivity index (χ2v) is 6.04. The Hall–Kier alpha value is -3.54. The van der Waals surface area contributed by atoms with Crippen molar-refractivity contribution in [2.24, 2.45) is 0 Å². The van der Waals surface area contributed by atoms with Crippen molar-refractivity contribution in [3.63, 3.8) is 0 Å². The van der Waals surface area contributed by atoms with E-state index in [0.717, 1.165) is 5.56 Å². The van der Waals surface area contributed by atoms with Gasteiger partial charge in [0.15, 0.2) is 5.52 Å². The zero-order chi connectivity index (χ0) is 18.8. The highest BCUT2D eigenvalue weighted by molar-refractivity contribution is 5.79. The lowest BCUT2D eigenvalue weighted by Gasteiger charge is -2.12. The number of hydrogen-bond donors (Lipinski definition) is 0. The normalized spacial score (nSPS) is 10.9. The van der Waals surface area contributed by atoms with E-state index in [2.05, 4.69) is 9.97 Å². The van der Waals surface area contributed by atoms with E-state index in [4.69, 9.17) is 4.74 Å². The molecule has 0 aliphatic heterocycles. The van der Waals surface area contributed by atoms with E-state index in [0.29, 0.717) is 23.5 Å². The fraction of sp³-hybridized carbons (Fsp3) is 0.0952. The van der Waals surface area contributed by atoms with Crippen LogP contribution in [0, 0.1) is 5.82 Å². The molecule has 0 bridgehead atoms. The topological polar surface area (TPSA) is 57.0 Å². The Labute approximate surface area is 154 Å². The molecule has 0 spiro atoms. The van der Waals surface area contributed by atoms with Crippen LogP contribution in [0.3, 0.4) is 0 Å². The average molecular weight is 361 g/mol. The lowest BCUT2D eigenvalue weighted by Crippen LogP contribution is -2.14. The number of nitrogens with zero attached hydrogens (tertiary/aromatic N) is 3. The van der Waals surface area contributed by atoms with Crippen LogP contribution in [0.15, 0.2) is 71.8 Å². The van der Waals surface area contributed by atoms with Crippen molar-refractivity contribution in [3.05, 3.63) is 88.7 Å². The van der Waals surface area contributed by atoms with Crippen molar-refractivity contribution in [2.45, 2.75) is 6.54 Å². The van der Waals surface area contributed by atoms with Crippen molar-refractivity contribution >= 4 is 11.0 Å². The maximum Gasteiger partial charge on any atom is 0.299 e. The summed E-state index contributed by atoms with van der Waals surface area (Å²) in [6.07, 6.45) is 1.50. The second kappa shape index (κ2) is 6.99. The van der Waals surface area contributed by atoms with E-state index in [-0.39, 0.29) is 11.1 Å². The molecule has 2 aromatic carbocycles. The molecule has 6 heteroatoms. The summed E-state index contributed by atoms with van der Waals surface area (Å²) in [5.74, 6) is -0.106. The van der Waals surface area contributed by atoms with Crippen molar-refractivity contribution in [1.29, 1.82) is 0 Å². The van der Waals surface area contributed by atoms with Crippen molar-refractivity contribution < 1.29 is 9.13 Å². The Kier molecular flexibility index (Phi) is 4.38. The van der Waals surface area contributed by atoms with Gasteiger partial charge in [-0.05, 0) is 29.8 Å². The Bertz CT molecular complexity index is 1170. The van der Waals surface area contributed by atoms with Crippen LogP contribution in [0.1, 0.15) is 5.56 Å². The molecule has 0 saturated carbocycles. The van der Waals surface area contributed by atoms with Gasteiger partial charge in [0.2, 0.25) is 0 Å². The molecule has 5 nitrogen and oxygen atoms in total. The molecule has 2 aromatic heterocycles. The van der Waals surface area contributed by atoms with Gasteiger partial charge in [0, 0.05) is 6.54 Å². The first-order valence-electron chi connectivity index (χ1n) is 8.40. The molecule has 0 atom stereocenters. The van der Waals surface area contributed by atoms with E-state index >= 15 is 0 Å². The smallest absolute Gasteiger partial charge is 0.299 e. The van der Waals surface area contributed by atoms with Crippen molar-refractivity contribution in [1.82, 2.24) is 14.5 Å². The first kappa shape index (κ1) is 16.9. The third-order valence-corrected chi connectivity index (χ3v) is 4.35. The number of pyridine rings is 1. The highest BCUT2D eigenvalue weighted by atomic mass is 19.1. The van der Waals surface area contributed by atoms with Crippen LogP contribution in [-0.2, 0) is 6.54 Å². The lowest BCUT2D eigenvalue weighted by molar-refractivity contribution is 0.413. The van der Waals surface area contributed by atoms with Crippen LogP contribution in [0.5, 0.6) is 5.75 Å². The zero-order valence-electron chi connectivity index (χ0n) is 14.6. The van der Waals surface area contributed by atoms with Crippen LogP contribution >= 0.6 is 0 Å². The van der Waals surface area contributed by atoms with Gasteiger partial charge in [-0.25, -0.2) is 9.37 Å². The number of benzene rings is 2. The number of fused-ring (bicyclic) bond motifs is 1. The Morgan fingerprint density at radius 2 is 1.85 bits per heavy atom. The summed E-state index contributed by atoms with van der Waals surface area (Å²) in [6.45, 7) is 0.550. The summed E-state index contributed by atoms with van der Waals surface area (Å²) in [6, 6.07) is 17.8. The monoisotopic (exact) mass is 361 g/mol. The third-order valence-electron chi connectivity index (χ3n) is 4.35. The first-order chi connectivity index (χ1) is 13.2. The number of rotatable bonds is 4. The van der Waals surface area contributed by atoms with Gasteiger partial charge in [-0.2, -0.15) is 4.98 Å². The minimum atomic E-state index is -0.463. The third kappa shape index (κ3) is 3.17. The molecule has 0 N–H and O–H groups in total. The maximum atomic E-state index is 14.4. The van der Waals surface area contributed by atoms with E-state index in [1.165, 1.54) is 19.5 Å². The Morgan fingerprint density at radius 1 is 1.04 bits per heavy atom. The molecule has 134 valence electrons. The van der Waals surface area contributed by atoms with Crippen LogP contribution in [0.2, 0.25) is 0 Å². The van der Waals surface area contributed by atoms with Gasteiger partial charge in [-0.3, -0.25) is 4.79 Å². The van der Waals surface area contributed by atoms with E-state index < -0.39 is 11.4 Å². The van der Waals surface area contributed by atoms with Crippen LogP contribution in [0.25, 0.3) is 22.3 Å². The van der Waals surface area contributed by atoms with Crippen LogP contribution in [-0.4, -0.2) is 21.6 Å². The molecular weight excluding hydrogens is 345 g/mol.